The van der Waals surface area contributed by atoms with Crippen molar-refractivity contribution in [3.05, 3.63) is 11.1 Å². The minimum atomic E-state index is -1.84. The van der Waals surface area contributed by atoms with E-state index in [1.54, 1.807) is 0 Å². The Hall–Kier alpha value is -0.493. The Morgan fingerprint density at radius 2 is 1.72 bits per heavy atom. The number of carbonyl (C=O) groups is 1. The van der Waals surface area contributed by atoms with Gasteiger partial charge in [0.2, 0.25) is 0 Å². The van der Waals surface area contributed by atoms with Crippen LogP contribution in [0.4, 0.5) is 0 Å². The topological polar surface area (TPSA) is 66.8 Å². The number of aliphatic hydroxyl groups is 2. The maximum atomic E-state index is 12.5. The summed E-state index contributed by atoms with van der Waals surface area (Å²) in [6.07, 6.45) is -0.289. The normalized spacial score (nSPS) is 33.2. The number of carbonyl (C=O) groups excluding carboxylic acids is 1. The quantitative estimate of drug-likeness (QED) is 0.572. The third-order valence-electron chi connectivity index (χ3n) is 7.03. The Bertz CT molecular complexity index is 528. The van der Waals surface area contributed by atoms with Crippen molar-refractivity contribution >= 4 is 14.1 Å². The maximum absolute atomic E-state index is 12.5. The Morgan fingerprint density at radius 1 is 1.16 bits per heavy atom. The van der Waals surface area contributed by atoms with Gasteiger partial charge in [-0.05, 0) is 54.5 Å². The zero-order chi connectivity index (χ0) is 19.0. The van der Waals surface area contributed by atoms with Gasteiger partial charge in [-0.2, -0.15) is 0 Å². The van der Waals surface area contributed by atoms with Gasteiger partial charge >= 0.3 is 0 Å². The van der Waals surface area contributed by atoms with E-state index in [-0.39, 0.29) is 23.2 Å². The molecule has 2 rings (SSSR count). The summed E-state index contributed by atoms with van der Waals surface area (Å²) in [7, 11) is -1.84. The number of rotatable bonds is 5. The summed E-state index contributed by atoms with van der Waals surface area (Å²) in [5.41, 5.74) is 1.77. The molecule has 2 N–H and O–H groups in total. The largest absolute Gasteiger partial charge is 0.410 e. The van der Waals surface area contributed by atoms with Gasteiger partial charge in [-0.25, -0.2) is 0 Å². The molecule has 0 spiro atoms. The number of fused-ring (bicyclic) bond motifs is 2. The van der Waals surface area contributed by atoms with Crippen LogP contribution >= 0.6 is 0 Å². The molecule has 5 heteroatoms. The summed E-state index contributed by atoms with van der Waals surface area (Å²) < 4.78 is 6.82. The zero-order valence-corrected chi connectivity index (χ0v) is 17.8. The van der Waals surface area contributed by atoms with Crippen molar-refractivity contribution in [1.29, 1.82) is 0 Å². The first kappa shape index (κ1) is 20.8. The first-order chi connectivity index (χ1) is 11.6. The molecule has 0 saturated heterocycles. The minimum Gasteiger partial charge on any atom is -0.410 e. The molecule has 1 unspecified atom stereocenters. The van der Waals surface area contributed by atoms with Crippen molar-refractivity contribution < 1.29 is 19.4 Å². The molecule has 1 fully saturated rings. The van der Waals surface area contributed by atoms with Gasteiger partial charge in [0.05, 0.1) is 12.2 Å². The third kappa shape index (κ3) is 3.66. The van der Waals surface area contributed by atoms with Crippen molar-refractivity contribution in [2.24, 2.45) is 11.3 Å². The highest BCUT2D eigenvalue weighted by atomic mass is 28.4. The molecule has 4 atom stereocenters. The molecule has 4 nitrogen and oxygen atoms in total. The van der Waals surface area contributed by atoms with Crippen molar-refractivity contribution in [3.8, 4) is 0 Å². The lowest BCUT2D eigenvalue weighted by Crippen LogP contribution is -2.52. The molecule has 0 aromatic heterocycles. The van der Waals surface area contributed by atoms with E-state index in [2.05, 4.69) is 34.6 Å². The molecular formula is C20H36O4Si. The fourth-order valence-corrected chi connectivity index (χ4v) is 7.84. The van der Waals surface area contributed by atoms with Gasteiger partial charge in [0.1, 0.15) is 6.10 Å². The Morgan fingerprint density at radius 3 is 2.24 bits per heavy atom. The Labute approximate surface area is 153 Å². The molecular weight excluding hydrogens is 332 g/mol. The van der Waals surface area contributed by atoms with E-state index < -0.39 is 20.5 Å². The average molecular weight is 369 g/mol. The van der Waals surface area contributed by atoms with Crippen LogP contribution in [0.5, 0.6) is 0 Å². The van der Waals surface area contributed by atoms with E-state index in [9.17, 15) is 15.0 Å². The van der Waals surface area contributed by atoms with Gasteiger partial charge in [-0.3, -0.25) is 4.79 Å². The summed E-state index contributed by atoms with van der Waals surface area (Å²) in [6, 6.07) is 3.18. The van der Waals surface area contributed by atoms with Crippen molar-refractivity contribution in [3.63, 3.8) is 0 Å². The molecule has 25 heavy (non-hydrogen) atoms. The molecule has 0 aromatic rings. The molecule has 2 bridgehead atoms. The summed E-state index contributed by atoms with van der Waals surface area (Å²) >= 11 is 0. The van der Waals surface area contributed by atoms with E-state index in [4.69, 9.17) is 4.43 Å². The highest BCUT2D eigenvalue weighted by Crippen LogP contribution is 2.51. The Kier molecular flexibility index (Phi) is 6.35. The van der Waals surface area contributed by atoms with Crippen LogP contribution in [0.15, 0.2) is 11.1 Å². The molecule has 0 aliphatic heterocycles. The molecule has 2 aliphatic rings. The van der Waals surface area contributed by atoms with Gasteiger partial charge in [0.15, 0.2) is 14.1 Å². The second kappa shape index (κ2) is 7.63. The molecule has 0 amide bonds. The number of Topliss-reactive ketones (excluding diaryl/α,β-unsaturated/α-hetero) is 1. The second-order valence-corrected chi connectivity index (χ2v) is 13.2. The van der Waals surface area contributed by atoms with Gasteiger partial charge in [0.25, 0.3) is 0 Å². The summed E-state index contributed by atoms with van der Waals surface area (Å²) in [5.74, 6) is -0.352. The first-order valence-corrected chi connectivity index (χ1v) is 12.4. The monoisotopic (exact) mass is 368 g/mol. The highest BCUT2D eigenvalue weighted by molar-refractivity contribution is 6.73. The molecule has 0 heterocycles. The van der Waals surface area contributed by atoms with E-state index in [1.807, 2.05) is 6.92 Å². The van der Waals surface area contributed by atoms with Crippen molar-refractivity contribution in [2.75, 3.05) is 0 Å². The van der Waals surface area contributed by atoms with E-state index in [1.165, 1.54) is 0 Å². The molecule has 144 valence electrons. The van der Waals surface area contributed by atoms with Crippen LogP contribution in [-0.4, -0.2) is 42.6 Å². The molecule has 0 radical (unpaired) electrons. The molecule has 2 aliphatic carbocycles. The van der Waals surface area contributed by atoms with E-state index in [0.717, 1.165) is 29.3 Å². The van der Waals surface area contributed by atoms with Crippen LogP contribution in [0.1, 0.15) is 60.8 Å². The molecule has 0 aromatic carbocycles. The van der Waals surface area contributed by atoms with Crippen LogP contribution in [0, 0.1) is 11.3 Å². The second-order valence-electron chi connectivity index (χ2n) is 8.48. The number of ketones is 1. The van der Waals surface area contributed by atoms with Gasteiger partial charge in [-0.15, -0.1) is 0 Å². The Balaban J connectivity index is 2.52. The lowest BCUT2D eigenvalue weighted by Gasteiger charge is -2.50. The summed E-state index contributed by atoms with van der Waals surface area (Å²) in [5, 5.41) is 21.2. The van der Waals surface area contributed by atoms with Crippen LogP contribution in [0.25, 0.3) is 0 Å². The standard InChI is InChI=1S/C20H36O4Si/c1-7-25(8-2,9-3)24-17-11-10-15(21)19(23)14-12-16(22)13(4)18(17)20(14,5)6/h14,16-17,19,22-23H,7-12H2,1-6H3/t14?,16-,17+,19+/m0/s1. The predicted octanol–water partition coefficient (Wildman–Crippen LogP) is 3.82. The smallest absolute Gasteiger partial charge is 0.192 e. The van der Waals surface area contributed by atoms with Crippen molar-refractivity contribution in [2.45, 2.75) is 97.2 Å². The van der Waals surface area contributed by atoms with Crippen molar-refractivity contribution in [1.82, 2.24) is 0 Å². The zero-order valence-electron chi connectivity index (χ0n) is 16.8. The fourth-order valence-electron chi connectivity index (χ4n) is 5.00. The SMILES string of the molecule is CC[Si](CC)(CC)O[C@@H]1CCC(=O)[C@H](O)C2C[C@H](O)C(C)=C1C2(C)C. The number of aliphatic hydroxyl groups excluding tert-OH is 2. The van der Waals surface area contributed by atoms with Gasteiger partial charge in [-0.1, -0.05) is 34.6 Å². The van der Waals surface area contributed by atoms with Crippen LogP contribution in [0.3, 0.4) is 0 Å². The number of hydrogen-bond donors (Lipinski definition) is 2. The summed E-state index contributed by atoms with van der Waals surface area (Å²) in [6.45, 7) is 12.8. The molecule has 1 saturated carbocycles. The first-order valence-electron chi connectivity index (χ1n) is 9.91. The minimum absolute atomic E-state index is 0.103. The van der Waals surface area contributed by atoms with Crippen LogP contribution in [-0.2, 0) is 9.22 Å². The van der Waals surface area contributed by atoms with Crippen LogP contribution < -0.4 is 0 Å². The fraction of sp³-hybridized carbons (Fsp3) is 0.850. The lowest BCUT2D eigenvalue weighted by atomic mass is 9.59. The number of hydrogen-bond acceptors (Lipinski definition) is 4. The predicted molar refractivity (Wildman–Crippen MR) is 103 cm³/mol. The third-order valence-corrected chi connectivity index (χ3v) is 11.7. The van der Waals surface area contributed by atoms with Gasteiger partial charge < -0.3 is 14.6 Å². The summed E-state index contributed by atoms with van der Waals surface area (Å²) in [4.78, 5) is 12.5. The lowest BCUT2D eigenvalue weighted by molar-refractivity contribution is -0.135. The maximum Gasteiger partial charge on any atom is 0.192 e. The van der Waals surface area contributed by atoms with Gasteiger partial charge in [0, 0.05) is 12.3 Å². The van der Waals surface area contributed by atoms with E-state index in [0.29, 0.717) is 19.3 Å². The highest BCUT2D eigenvalue weighted by Gasteiger charge is 2.50. The van der Waals surface area contributed by atoms with Crippen LogP contribution in [0.2, 0.25) is 18.1 Å². The average Bonchev–Trinajstić information content (AvgIpc) is 2.58. The van der Waals surface area contributed by atoms with E-state index >= 15 is 0 Å².